The van der Waals surface area contributed by atoms with Gasteiger partial charge in [-0.3, -0.25) is 4.90 Å². The van der Waals surface area contributed by atoms with E-state index in [4.69, 9.17) is 37.4 Å². The van der Waals surface area contributed by atoms with Crippen molar-refractivity contribution in [2.24, 2.45) is 0 Å². The van der Waals surface area contributed by atoms with Gasteiger partial charge in [0.2, 0.25) is 5.88 Å². The minimum Gasteiger partial charge on any atom is -0.484 e. The number of carboxylic acid groups (broad SMARTS) is 1. The summed E-state index contributed by atoms with van der Waals surface area (Å²) in [7, 11) is 0. The molecule has 1 N–H and O–H groups in total. The first kappa shape index (κ1) is 28.6. The van der Waals surface area contributed by atoms with E-state index in [0.717, 1.165) is 38.4 Å². The first-order chi connectivity index (χ1) is 20.3. The minimum absolute atomic E-state index is 0.00293. The van der Waals surface area contributed by atoms with Crippen LogP contribution in [0.25, 0.3) is 11.0 Å². The van der Waals surface area contributed by atoms with Crippen LogP contribution in [-0.2, 0) is 24.4 Å². The Balaban J connectivity index is 1.08. The van der Waals surface area contributed by atoms with E-state index in [1.807, 2.05) is 4.57 Å². The zero-order valence-electron chi connectivity index (χ0n) is 22.5. The molecule has 2 saturated heterocycles. The van der Waals surface area contributed by atoms with Crippen molar-refractivity contribution < 1.29 is 28.5 Å². The largest absolute Gasteiger partial charge is 0.484 e. The zero-order valence-corrected chi connectivity index (χ0v) is 24.0. The highest BCUT2D eigenvalue weighted by Gasteiger charge is 2.27. The summed E-state index contributed by atoms with van der Waals surface area (Å²) >= 11 is 12.1. The van der Waals surface area contributed by atoms with Gasteiger partial charge in [-0.25, -0.2) is 19.2 Å². The van der Waals surface area contributed by atoms with Crippen LogP contribution >= 0.6 is 23.2 Å². The van der Waals surface area contributed by atoms with Crippen LogP contribution in [0.2, 0.25) is 10.0 Å². The fourth-order valence-corrected chi connectivity index (χ4v) is 5.58. The molecule has 2 aromatic heterocycles. The van der Waals surface area contributed by atoms with Crippen molar-refractivity contribution in [3.8, 4) is 11.6 Å². The van der Waals surface area contributed by atoms with Crippen LogP contribution in [0.3, 0.4) is 0 Å². The van der Waals surface area contributed by atoms with Crippen LogP contribution < -0.4 is 9.47 Å². The lowest BCUT2D eigenvalue weighted by molar-refractivity contribution is -0.0592. The van der Waals surface area contributed by atoms with Crippen molar-refractivity contribution in [1.29, 1.82) is 0 Å². The molecule has 0 unspecified atom stereocenters. The van der Waals surface area contributed by atoms with Crippen LogP contribution in [0, 0.1) is 5.82 Å². The number of hydrogen-bond acceptors (Lipinski definition) is 8. The van der Waals surface area contributed by atoms with Crippen molar-refractivity contribution in [3.05, 3.63) is 75.7 Å². The number of benzene rings is 2. The summed E-state index contributed by atoms with van der Waals surface area (Å²) in [6, 6.07) is 9.22. The second kappa shape index (κ2) is 12.4. The van der Waals surface area contributed by atoms with Gasteiger partial charge in [-0.2, -0.15) is 4.98 Å². The lowest BCUT2D eigenvalue weighted by Gasteiger charge is -2.32. The second-order valence-corrected chi connectivity index (χ2v) is 11.2. The molecule has 0 bridgehead atoms. The van der Waals surface area contributed by atoms with Crippen LogP contribution in [-0.4, -0.2) is 67.4 Å². The molecule has 2 aliphatic rings. The first-order valence-electron chi connectivity index (χ1n) is 13.6. The van der Waals surface area contributed by atoms with Crippen LogP contribution in [0.4, 0.5) is 4.39 Å². The summed E-state index contributed by atoms with van der Waals surface area (Å²) in [6.07, 6.45) is 4.02. The number of likely N-dealkylation sites (tertiary alicyclic amines) is 1. The number of aromatic nitrogens is 4. The van der Waals surface area contributed by atoms with E-state index in [1.54, 1.807) is 30.5 Å². The SMILES string of the molecule is O=C(O)c1cc(F)c2nc(CN3CCC(Oc4ccnc(COc5ccc(Cl)cc5Cl)n4)CC3)n(C[C@@H]3CCO3)c2c1. The number of hydrogen-bond donors (Lipinski definition) is 1. The van der Waals surface area contributed by atoms with E-state index in [2.05, 4.69) is 19.9 Å². The molecule has 0 saturated carbocycles. The predicted octanol–water partition coefficient (Wildman–Crippen LogP) is 5.38. The predicted molar refractivity (Wildman–Crippen MR) is 153 cm³/mol. The van der Waals surface area contributed by atoms with E-state index in [0.29, 0.717) is 58.5 Å². The number of carbonyl (C=O) groups is 1. The highest BCUT2D eigenvalue weighted by molar-refractivity contribution is 6.35. The summed E-state index contributed by atoms with van der Waals surface area (Å²) in [6.45, 7) is 3.29. The molecule has 0 spiro atoms. The quantitative estimate of drug-likeness (QED) is 0.251. The van der Waals surface area contributed by atoms with Gasteiger partial charge in [0, 0.05) is 37.0 Å². The van der Waals surface area contributed by atoms with E-state index in [1.165, 1.54) is 6.07 Å². The van der Waals surface area contributed by atoms with Gasteiger partial charge in [-0.1, -0.05) is 23.2 Å². The third-order valence-electron chi connectivity index (χ3n) is 7.43. The number of aromatic carboxylic acids is 1. The van der Waals surface area contributed by atoms with Gasteiger partial charge in [-0.15, -0.1) is 0 Å². The molecule has 6 rings (SSSR count). The van der Waals surface area contributed by atoms with Crippen molar-refractivity contribution in [2.75, 3.05) is 19.7 Å². The summed E-state index contributed by atoms with van der Waals surface area (Å²) in [5.74, 6) is 0.281. The maximum absolute atomic E-state index is 14.8. The van der Waals surface area contributed by atoms with Gasteiger partial charge in [0.05, 0.1) is 35.3 Å². The van der Waals surface area contributed by atoms with Crippen LogP contribution in [0.15, 0.2) is 42.6 Å². The van der Waals surface area contributed by atoms with Gasteiger partial charge in [-0.05, 0) is 49.6 Å². The van der Waals surface area contributed by atoms with E-state index >= 15 is 0 Å². The molecular weight excluding hydrogens is 588 g/mol. The van der Waals surface area contributed by atoms with Gasteiger partial charge in [0.25, 0.3) is 0 Å². The molecule has 4 heterocycles. The highest BCUT2D eigenvalue weighted by Crippen LogP contribution is 2.29. The molecule has 10 nitrogen and oxygen atoms in total. The highest BCUT2D eigenvalue weighted by atomic mass is 35.5. The molecule has 2 fully saturated rings. The average molecular weight is 616 g/mol. The number of fused-ring (bicyclic) bond motifs is 1. The Hall–Kier alpha value is -3.51. The molecule has 13 heteroatoms. The molecule has 2 aliphatic heterocycles. The number of ether oxygens (including phenoxy) is 3. The molecule has 0 radical (unpaired) electrons. The molecule has 0 aliphatic carbocycles. The van der Waals surface area contributed by atoms with Crippen molar-refractivity contribution in [1.82, 2.24) is 24.4 Å². The molecule has 0 amide bonds. The molecular formula is C29H28Cl2FN5O5. The molecule has 220 valence electrons. The van der Waals surface area contributed by atoms with Gasteiger partial charge in [0.15, 0.2) is 11.6 Å². The standard InChI is InChI=1S/C29H28Cl2FN5O5/c30-18-1-2-24(21(31)13-18)41-16-25-33-7-3-27(34-25)42-19-4-8-36(9-5-19)15-26-35-28-22(32)11-17(29(38)39)12-23(28)37(26)14-20-6-10-40-20/h1-3,7,11-13,19-20H,4-6,8-10,14-16H2,(H,38,39)/t20-/m0/s1. The van der Waals surface area contributed by atoms with Gasteiger partial charge >= 0.3 is 5.97 Å². The van der Waals surface area contributed by atoms with Gasteiger partial charge in [0.1, 0.15) is 29.8 Å². The molecule has 4 aromatic rings. The second-order valence-electron chi connectivity index (χ2n) is 10.3. The smallest absolute Gasteiger partial charge is 0.335 e. The Kier molecular flexibility index (Phi) is 8.43. The zero-order chi connectivity index (χ0) is 29.2. The molecule has 42 heavy (non-hydrogen) atoms. The number of imidazole rings is 1. The van der Waals surface area contributed by atoms with E-state index in [-0.39, 0.29) is 29.9 Å². The van der Waals surface area contributed by atoms with Gasteiger partial charge < -0.3 is 23.9 Å². The summed E-state index contributed by atoms with van der Waals surface area (Å²) < 4.78 is 34.3. The normalized spacial score (nSPS) is 17.7. The van der Waals surface area contributed by atoms with E-state index in [9.17, 15) is 14.3 Å². The van der Waals surface area contributed by atoms with E-state index < -0.39 is 11.8 Å². The Bertz CT molecular complexity index is 1610. The van der Waals surface area contributed by atoms with Crippen LogP contribution in [0.5, 0.6) is 11.6 Å². The Morgan fingerprint density at radius 1 is 1.12 bits per heavy atom. The third-order valence-corrected chi connectivity index (χ3v) is 7.96. The Morgan fingerprint density at radius 2 is 1.93 bits per heavy atom. The maximum Gasteiger partial charge on any atom is 0.335 e. The number of halogens is 3. The minimum atomic E-state index is -1.18. The lowest BCUT2D eigenvalue weighted by Crippen LogP contribution is -2.39. The summed E-state index contributed by atoms with van der Waals surface area (Å²) in [5.41, 5.74) is 0.542. The van der Waals surface area contributed by atoms with Crippen molar-refractivity contribution >= 4 is 40.2 Å². The number of rotatable bonds is 10. The van der Waals surface area contributed by atoms with Crippen LogP contribution in [0.1, 0.15) is 41.3 Å². The topological polar surface area (TPSA) is 112 Å². The average Bonchev–Trinajstić information content (AvgIpc) is 3.28. The third kappa shape index (κ3) is 6.44. The first-order valence-corrected chi connectivity index (χ1v) is 14.4. The lowest BCUT2D eigenvalue weighted by atomic mass is 10.1. The Labute approximate surface area is 251 Å². The van der Waals surface area contributed by atoms with Crippen molar-refractivity contribution in [2.45, 2.75) is 51.2 Å². The monoisotopic (exact) mass is 615 g/mol. The number of nitrogens with zero attached hydrogens (tertiary/aromatic N) is 5. The molecule has 2 aromatic carbocycles. The number of carboxylic acids is 1. The number of piperidine rings is 1. The fourth-order valence-electron chi connectivity index (χ4n) is 5.12. The molecule has 1 atom stereocenters. The summed E-state index contributed by atoms with van der Waals surface area (Å²) in [4.78, 5) is 27.1. The van der Waals surface area contributed by atoms with Crippen molar-refractivity contribution in [3.63, 3.8) is 0 Å². The summed E-state index contributed by atoms with van der Waals surface area (Å²) in [5, 5.41) is 10.4. The maximum atomic E-state index is 14.8. The fraction of sp³-hybridized carbons (Fsp3) is 0.379. The Morgan fingerprint density at radius 3 is 2.64 bits per heavy atom.